The number of nitrogens with one attached hydrogen (secondary N) is 1. The highest BCUT2D eigenvalue weighted by Crippen LogP contribution is 2.18. The molecule has 0 bridgehead atoms. The number of hydrogen-bond acceptors (Lipinski definition) is 3. The lowest BCUT2D eigenvalue weighted by Crippen LogP contribution is -2.34. The molecule has 19 heavy (non-hydrogen) atoms. The summed E-state index contributed by atoms with van der Waals surface area (Å²) in [4.78, 5) is 0. The molecule has 0 saturated heterocycles. The van der Waals surface area contributed by atoms with E-state index in [2.05, 4.69) is 4.72 Å². The zero-order valence-corrected chi connectivity index (χ0v) is 12.4. The first kappa shape index (κ1) is 15.7. The second kappa shape index (κ2) is 6.18. The van der Waals surface area contributed by atoms with Gasteiger partial charge in [0.05, 0.1) is 17.4 Å². The second-order valence-electron chi connectivity index (χ2n) is 5.41. The molecule has 1 aromatic carbocycles. The summed E-state index contributed by atoms with van der Waals surface area (Å²) in [5, 5.41) is 8.68. The number of nitriles is 1. The highest BCUT2D eigenvalue weighted by molar-refractivity contribution is 7.88. The Morgan fingerprint density at radius 1 is 1.26 bits per heavy atom. The molecule has 104 valence electrons. The summed E-state index contributed by atoms with van der Waals surface area (Å²) in [6.45, 7) is 6.52. The number of sulfonamides is 1. The van der Waals surface area contributed by atoms with Gasteiger partial charge in [0.15, 0.2) is 0 Å². The third kappa shape index (κ3) is 5.41. The Labute approximate surface area is 115 Å². The fourth-order valence-corrected chi connectivity index (χ4v) is 2.72. The molecule has 0 saturated carbocycles. The fraction of sp³-hybridized carbons (Fsp3) is 0.500. The van der Waals surface area contributed by atoms with Gasteiger partial charge in [-0.25, -0.2) is 13.1 Å². The van der Waals surface area contributed by atoms with Crippen LogP contribution in [0.4, 0.5) is 0 Å². The number of nitrogens with zero attached hydrogens (tertiary/aromatic N) is 1. The summed E-state index contributed by atoms with van der Waals surface area (Å²) in [7, 11) is -3.33. The van der Waals surface area contributed by atoms with E-state index in [-0.39, 0.29) is 11.2 Å². The van der Waals surface area contributed by atoms with Crippen molar-refractivity contribution in [3.63, 3.8) is 0 Å². The van der Waals surface area contributed by atoms with Gasteiger partial charge in [-0.3, -0.25) is 0 Å². The Morgan fingerprint density at radius 2 is 1.84 bits per heavy atom. The molecular formula is C14H20N2O2S. The van der Waals surface area contributed by atoms with Crippen molar-refractivity contribution in [1.82, 2.24) is 4.72 Å². The Hall–Kier alpha value is -1.38. The van der Waals surface area contributed by atoms with E-state index in [1.165, 1.54) is 0 Å². The van der Waals surface area contributed by atoms with E-state index in [4.69, 9.17) is 5.26 Å². The van der Waals surface area contributed by atoms with Crippen molar-refractivity contribution in [3.8, 4) is 6.07 Å². The van der Waals surface area contributed by atoms with Gasteiger partial charge in [0, 0.05) is 6.54 Å². The monoisotopic (exact) mass is 280 g/mol. The van der Waals surface area contributed by atoms with Gasteiger partial charge in [0.25, 0.3) is 0 Å². The third-order valence-electron chi connectivity index (χ3n) is 3.17. The van der Waals surface area contributed by atoms with Gasteiger partial charge in [-0.2, -0.15) is 5.26 Å². The van der Waals surface area contributed by atoms with Crippen molar-refractivity contribution in [2.24, 2.45) is 5.41 Å². The van der Waals surface area contributed by atoms with Crippen molar-refractivity contribution in [2.75, 3.05) is 6.54 Å². The molecule has 0 fully saturated rings. The van der Waals surface area contributed by atoms with E-state index < -0.39 is 10.0 Å². The van der Waals surface area contributed by atoms with E-state index in [1.54, 1.807) is 24.3 Å². The van der Waals surface area contributed by atoms with Crippen LogP contribution in [0.2, 0.25) is 0 Å². The second-order valence-corrected chi connectivity index (χ2v) is 7.21. The van der Waals surface area contributed by atoms with Crippen LogP contribution in [0.25, 0.3) is 0 Å². The Morgan fingerprint density at radius 3 is 2.32 bits per heavy atom. The van der Waals surface area contributed by atoms with Gasteiger partial charge < -0.3 is 0 Å². The first-order valence-electron chi connectivity index (χ1n) is 6.24. The van der Waals surface area contributed by atoms with Crippen LogP contribution in [0.1, 0.15) is 38.3 Å². The molecule has 4 nitrogen and oxygen atoms in total. The van der Waals surface area contributed by atoms with E-state index >= 15 is 0 Å². The summed E-state index contributed by atoms with van der Waals surface area (Å²) in [6, 6.07) is 8.60. The van der Waals surface area contributed by atoms with Gasteiger partial charge in [-0.1, -0.05) is 32.9 Å². The number of hydrogen-bond donors (Lipinski definition) is 1. The maximum atomic E-state index is 11.9. The van der Waals surface area contributed by atoms with E-state index in [9.17, 15) is 8.42 Å². The zero-order valence-electron chi connectivity index (χ0n) is 11.6. The number of rotatable bonds is 6. The van der Waals surface area contributed by atoms with Crippen LogP contribution in [0.5, 0.6) is 0 Å². The maximum absolute atomic E-state index is 11.9. The van der Waals surface area contributed by atoms with E-state index in [0.717, 1.165) is 6.42 Å². The Balaban J connectivity index is 2.66. The molecule has 1 N–H and O–H groups in total. The average Bonchev–Trinajstić information content (AvgIpc) is 2.37. The molecule has 0 aliphatic heterocycles. The molecule has 0 radical (unpaired) electrons. The van der Waals surface area contributed by atoms with Crippen molar-refractivity contribution < 1.29 is 8.42 Å². The summed E-state index contributed by atoms with van der Waals surface area (Å²) in [5.41, 5.74) is 1.17. The molecule has 1 aromatic rings. The SMILES string of the molecule is CCC(C)(C)CNS(=O)(=O)Cc1ccc(C#N)cc1. The minimum atomic E-state index is -3.33. The molecule has 0 unspecified atom stereocenters. The van der Waals surface area contributed by atoms with Crippen LogP contribution in [0.3, 0.4) is 0 Å². The highest BCUT2D eigenvalue weighted by Gasteiger charge is 2.19. The lowest BCUT2D eigenvalue weighted by Gasteiger charge is -2.22. The normalized spacial score (nSPS) is 12.1. The molecule has 0 aliphatic carbocycles. The average molecular weight is 280 g/mol. The van der Waals surface area contributed by atoms with Gasteiger partial charge >= 0.3 is 0 Å². The Bertz CT molecular complexity index is 554. The number of benzene rings is 1. The Kier molecular flexibility index (Phi) is 5.10. The molecule has 0 aliphatic rings. The topological polar surface area (TPSA) is 70.0 Å². The molecule has 1 rings (SSSR count). The van der Waals surface area contributed by atoms with Gasteiger partial charge in [-0.05, 0) is 29.5 Å². The largest absolute Gasteiger partial charge is 0.215 e. The summed E-state index contributed by atoms with van der Waals surface area (Å²) in [6.07, 6.45) is 0.909. The van der Waals surface area contributed by atoms with Gasteiger partial charge in [0.2, 0.25) is 10.0 Å². The third-order valence-corrected chi connectivity index (χ3v) is 4.47. The standard InChI is InChI=1S/C14H20N2O2S/c1-4-14(2,3)11-16-19(17,18)10-13-7-5-12(9-15)6-8-13/h5-8,16H,4,10-11H2,1-3H3. The van der Waals surface area contributed by atoms with Crippen LogP contribution in [-0.2, 0) is 15.8 Å². The first-order chi connectivity index (χ1) is 8.78. The van der Waals surface area contributed by atoms with Crippen molar-refractivity contribution in [3.05, 3.63) is 35.4 Å². The predicted molar refractivity (Wildman–Crippen MR) is 75.9 cm³/mol. The molecule has 0 atom stereocenters. The highest BCUT2D eigenvalue weighted by atomic mass is 32.2. The molecule has 5 heteroatoms. The summed E-state index contributed by atoms with van der Waals surface area (Å²) >= 11 is 0. The molecule has 0 amide bonds. The van der Waals surface area contributed by atoms with E-state index in [0.29, 0.717) is 17.7 Å². The zero-order chi connectivity index (χ0) is 14.5. The lowest BCUT2D eigenvalue weighted by molar-refractivity contribution is 0.350. The van der Waals surface area contributed by atoms with Gasteiger partial charge in [-0.15, -0.1) is 0 Å². The van der Waals surface area contributed by atoms with Crippen LogP contribution in [-0.4, -0.2) is 15.0 Å². The van der Waals surface area contributed by atoms with Crippen molar-refractivity contribution >= 4 is 10.0 Å². The predicted octanol–water partition coefficient (Wildman–Crippen LogP) is 2.41. The van der Waals surface area contributed by atoms with Gasteiger partial charge in [0.1, 0.15) is 0 Å². The quantitative estimate of drug-likeness (QED) is 0.870. The molecule has 0 aromatic heterocycles. The van der Waals surface area contributed by atoms with Crippen LogP contribution in [0, 0.1) is 16.7 Å². The summed E-state index contributed by atoms with van der Waals surface area (Å²) < 4.78 is 26.5. The minimum Gasteiger partial charge on any atom is -0.214 e. The van der Waals surface area contributed by atoms with Crippen LogP contribution < -0.4 is 4.72 Å². The maximum Gasteiger partial charge on any atom is 0.215 e. The lowest BCUT2D eigenvalue weighted by atomic mass is 9.91. The van der Waals surface area contributed by atoms with Crippen LogP contribution in [0.15, 0.2) is 24.3 Å². The molecule has 0 heterocycles. The minimum absolute atomic E-state index is 0.0439. The van der Waals surface area contributed by atoms with Crippen molar-refractivity contribution in [1.29, 1.82) is 5.26 Å². The summed E-state index contributed by atoms with van der Waals surface area (Å²) in [5.74, 6) is -0.0570. The fourth-order valence-electron chi connectivity index (χ4n) is 1.38. The van der Waals surface area contributed by atoms with E-state index in [1.807, 2.05) is 26.8 Å². The molecule has 0 spiro atoms. The molecular weight excluding hydrogens is 260 g/mol. The first-order valence-corrected chi connectivity index (χ1v) is 7.89. The van der Waals surface area contributed by atoms with Crippen molar-refractivity contribution in [2.45, 2.75) is 32.9 Å². The van der Waals surface area contributed by atoms with Crippen LogP contribution >= 0.6 is 0 Å². The smallest absolute Gasteiger partial charge is 0.214 e.